The fourth-order valence-corrected chi connectivity index (χ4v) is 4.33. The molecule has 0 spiro atoms. The van der Waals surface area contributed by atoms with Gasteiger partial charge in [-0.05, 0) is 54.4 Å². The van der Waals surface area contributed by atoms with Gasteiger partial charge in [0.1, 0.15) is 5.75 Å². The van der Waals surface area contributed by atoms with Crippen LogP contribution in [0.5, 0.6) is 5.75 Å². The van der Waals surface area contributed by atoms with E-state index in [2.05, 4.69) is 20.0 Å². The molecule has 5 aromatic rings. The first-order valence-electron chi connectivity index (χ1n) is 11.5. The first kappa shape index (κ1) is 24.3. The van der Waals surface area contributed by atoms with Crippen LogP contribution in [-0.4, -0.2) is 40.0 Å². The Morgan fingerprint density at radius 1 is 1.00 bits per heavy atom. The number of hydrogen-bond donors (Lipinski definition) is 3. The van der Waals surface area contributed by atoms with Crippen molar-refractivity contribution in [3.63, 3.8) is 0 Å². The molecule has 0 saturated carbocycles. The molecule has 3 aromatic carbocycles. The van der Waals surface area contributed by atoms with Crippen LogP contribution in [0.3, 0.4) is 0 Å². The molecule has 2 heterocycles. The molecule has 0 fully saturated rings. The third-order valence-corrected chi connectivity index (χ3v) is 6.04. The summed E-state index contributed by atoms with van der Waals surface area (Å²) in [7, 11) is 0. The van der Waals surface area contributed by atoms with Gasteiger partial charge in [-0.15, -0.1) is 13.2 Å². The van der Waals surface area contributed by atoms with E-state index >= 15 is 0 Å². The van der Waals surface area contributed by atoms with E-state index in [0.29, 0.717) is 34.1 Å². The summed E-state index contributed by atoms with van der Waals surface area (Å²) in [5, 5.41) is 14.6. The third-order valence-electron chi connectivity index (χ3n) is 6.04. The zero-order valence-corrected chi connectivity index (χ0v) is 19.4. The topological polar surface area (TPSA) is 87.2 Å². The first-order chi connectivity index (χ1) is 17.8. The van der Waals surface area contributed by atoms with Gasteiger partial charge in [-0.25, -0.2) is 4.98 Å². The van der Waals surface area contributed by atoms with Gasteiger partial charge < -0.3 is 20.1 Å². The highest BCUT2D eigenvalue weighted by Gasteiger charge is 2.31. The Hall–Kier alpha value is -4.37. The van der Waals surface area contributed by atoms with Gasteiger partial charge in [0.15, 0.2) is 0 Å². The van der Waals surface area contributed by atoms with Crippen molar-refractivity contribution in [1.82, 2.24) is 15.3 Å². The molecule has 188 valence electrons. The second kappa shape index (κ2) is 9.94. The summed E-state index contributed by atoms with van der Waals surface area (Å²) in [4.78, 5) is 21.2. The fourth-order valence-electron chi connectivity index (χ4n) is 4.33. The van der Waals surface area contributed by atoms with Crippen LogP contribution < -0.4 is 10.1 Å². The molecular formula is C28H22F3N3O3. The minimum absolute atomic E-state index is 0.262. The van der Waals surface area contributed by atoms with Gasteiger partial charge in [-0.2, -0.15) is 0 Å². The number of hydrogen-bond acceptors (Lipinski definition) is 4. The standard InChI is InChI=1S/C28H22F3N3O3/c29-28(30,31)37-20-11-9-17(10-12-20)26-14-23(22-6-2-4-8-25(22)34-26)27(36)33-19(16-35)13-18-15-32-24-7-3-1-5-21(18)24/h1-12,14-15,19,32,35H,13,16H2,(H,33,36). The Morgan fingerprint density at radius 2 is 1.70 bits per heavy atom. The van der Waals surface area contributed by atoms with Crippen LogP contribution in [0, 0.1) is 0 Å². The van der Waals surface area contributed by atoms with Crippen molar-refractivity contribution in [2.45, 2.75) is 18.8 Å². The largest absolute Gasteiger partial charge is 0.573 e. The number of carbonyl (C=O) groups excluding carboxylic acids is 1. The lowest BCUT2D eigenvalue weighted by atomic mass is 10.0. The SMILES string of the molecule is O=C(NC(CO)Cc1c[nH]c2ccccc12)c1cc(-c2ccc(OC(F)(F)F)cc2)nc2ccccc12. The second-order valence-corrected chi connectivity index (χ2v) is 8.56. The number of aromatic amines is 1. The Labute approximate surface area is 209 Å². The van der Waals surface area contributed by atoms with Crippen molar-refractivity contribution in [3.8, 4) is 17.0 Å². The number of pyridine rings is 1. The maximum atomic E-state index is 13.4. The van der Waals surface area contributed by atoms with E-state index in [9.17, 15) is 23.1 Å². The molecule has 3 N–H and O–H groups in total. The number of para-hydroxylation sites is 2. The smallest absolute Gasteiger partial charge is 0.406 e. The highest BCUT2D eigenvalue weighted by molar-refractivity contribution is 6.07. The number of amides is 1. The second-order valence-electron chi connectivity index (χ2n) is 8.56. The van der Waals surface area contributed by atoms with Gasteiger partial charge in [0, 0.05) is 28.0 Å². The summed E-state index contributed by atoms with van der Waals surface area (Å²) >= 11 is 0. The normalized spacial score (nSPS) is 12.5. The summed E-state index contributed by atoms with van der Waals surface area (Å²) < 4.78 is 41.5. The zero-order chi connectivity index (χ0) is 26.0. The number of ether oxygens (including phenoxy) is 1. The van der Waals surface area contributed by atoms with Crippen LogP contribution in [-0.2, 0) is 6.42 Å². The molecule has 0 radical (unpaired) electrons. The Morgan fingerprint density at radius 3 is 2.43 bits per heavy atom. The number of fused-ring (bicyclic) bond motifs is 2. The number of aromatic nitrogens is 2. The average Bonchev–Trinajstić information content (AvgIpc) is 3.29. The maximum Gasteiger partial charge on any atom is 0.573 e. The fraction of sp³-hybridized carbons (Fsp3) is 0.143. The van der Waals surface area contributed by atoms with E-state index in [1.54, 1.807) is 30.3 Å². The number of carbonyl (C=O) groups is 1. The molecular weight excluding hydrogens is 483 g/mol. The maximum absolute atomic E-state index is 13.4. The van der Waals surface area contributed by atoms with Crippen molar-refractivity contribution in [2.24, 2.45) is 0 Å². The van der Waals surface area contributed by atoms with Crippen LogP contribution in [0.2, 0.25) is 0 Å². The molecule has 0 aliphatic heterocycles. The van der Waals surface area contributed by atoms with E-state index in [4.69, 9.17) is 0 Å². The lowest BCUT2D eigenvalue weighted by Gasteiger charge is -2.17. The van der Waals surface area contributed by atoms with Crippen molar-refractivity contribution >= 4 is 27.7 Å². The molecule has 1 amide bonds. The van der Waals surface area contributed by atoms with Crippen LogP contribution in [0.4, 0.5) is 13.2 Å². The van der Waals surface area contributed by atoms with Crippen LogP contribution in [0.25, 0.3) is 33.1 Å². The quantitative estimate of drug-likeness (QED) is 0.268. The van der Waals surface area contributed by atoms with Gasteiger partial charge in [-0.3, -0.25) is 4.79 Å². The van der Waals surface area contributed by atoms with E-state index in [-0.39, 0.29) is 12.4 Å². The summed E-state index contributed by atoms with van der Waals surface area (Å²) in [5.74, 6) is -0.742. The summed E-state index contributed by atoms with van der Waals surface area (Å²) in [6.45, 7) is -0.262. The Balaban J connectivity index is 1.43. The molecule has 0 aliphatic rings. The van der Waals surface area contributed by atoms with Gasteiger partial charge in [0.05, 0.1) is 29.4 Å². The number of halogens is 3. The molecule has 0 saturated heterocycles. The molecule has 5 rings (SSSR count). The van der Waals surface area contributed by atoms with Gasteiger partial charge in [0.2, 0.25) is 0 Å². The number of aliphatic hydroxyl groups excluding tert-OH is 1. The summed E-state index contributed by atoms with van der Waals surface area (Å²) in [6, 6.07) is 21.2. The minimum Gasteiger partial charge on any atom is -0.406 e. The van der Waals surface area contributed by atoms with E-state index < -0.39 is 18.3 Å². The van der Waals surface area contributed by atoms with Crippen LogP contribution in [0.15, 0.2) is 85.1 Å². The molecule has 0 aliphatic carbocycles. The minimum atomic E-state index is -4.79. The van der Waals surface area contributed by atoms with Crippen molar-refractivity contribution in [3.05, 3.63) is 96.2 Å². The van der Waals surface area contributed by atoms with E-state index in [1.165, 1.54) is 24.3 Å². The molecule has 37 heavy (non-hydrogen) atoms. The predicted octanol–water partition coefficient (Wildman–Crippen LogP) is 5.62. The number of H-pyrrole nitrogens is 1. The Bertz CT molecular complexity index is 1560. The number of benzene rings is 3. The molecule has 1 unspecified atom stereocenters. The average molecular weight is 505 g/mol. The summed E-state index contributed by atoms with van der Waals surface area (Å²) in [5.41, 5.74) is 3.77. The first-order valence-corrected chi connectivity index (χ1v) is 11.5. The van der Waals surface area contributed by atoms with Crippen molar-refractivity contribution < 1.29 is 27.8 Å². The third kappa shape index (κ3) is 5.41. The zero-order valence-electron chi connectivity index (χ0n) is 19.4. The number of alkyl halides is 3. The summed E-state index contributed by atoms with van der Waals surface area (Å²) in [6.07, 6.45) is -2.50. The van der Waals surface area contributed by atoms with Crippen LogP contribution >= 0.6 is 0 Å². The number of rotatable bonds is 7. The monoisotopic (exact) mass is 505 g/mol. The number of nitrogens with zero attached hydrogens (tertiary/aromatic N) is 1. The van der Waals surface area contributed by atoms with E-state index in [1.807, 2.05) is 30.5 Å². The molecule has 0 bridgehead atoms. The van der Waals surface area contributed by atoms with Crippen molar-refractivity contribution in [1.29, 1.82) is 0 Å². The molecule has 9 heteroatoms. The van der Waals surface area contributed by atoms with Crippen molar-refractivity contribution in [2.75, 3.05) is 6.61 Å². The predicted molar refractivity (Wildman–Crippen MR) is 134 cm³/mol. The van der Waals surface area contributed by atoms with Gasteiger partial charge in [0.25, 0.3) is 5.91 Å². The molecule has 2 aromatic heterocycles. The Kier molecular flexibility index (Phi) is 6.54. The highest BCUT2D eigenvalue weighted by Crippen LogP contribution is 2.29. The van der Waals surface area contributed by atoms with Gasteiger partial charge >= 0.3 is 6.36 Å². The lowest BCUT2D eigenvalue weighted by molar-refractivity contribution is -0.274. The van der Waals surface area contributed by atoms with Gasteiger partial charge in [-0.1, -0.05) is 36.4 Å². The highest BCUT2D eigenvalue weighted by atomic mass is 19.4. The number of nitrogens with one attached hydrogen (secondary N) is 2. The number of aliphatic hydroxyl groups is 1. The van der Waals surface area contributed by atoms with E-state index in [0.717, 1.165) is 16.5 Å². The lowest BCUT2D eigenvalue weighted by Crippen LogP contribution is -2.39. The van der Waals surface area contributed by atoms with Crippen LogP contribution in [0.1, 0.15) is 15.9 Å². The molecule has 6 nitrogen and oxygen atoms in total. The molecule has 1 atom stereocenters.